The highest BCUT2D eigenvalue weighted by atomic mass is 19.1. The van der Waals surface area contributed by atoms with Gasteiger partial charge < -0.3 is 14.2 Å². The quantitative estimate of drug-likeness (QED) is 0.723. The second kappa shape index (κ2) is 8.65. The second-order valence-corrected chi connectivity index (χ2v) is 7.02. The van der Waals surface area contributed by atoms with Gasteiger partial charge in [-0.3, -0.25) is 9.79 Å². The van der Waals surface area contributed by atoms with Crippen LogP contribution in [0, 0.1) is 11.7 Å². The molecule has 0 saturated carbocycles. The fourth-order valence-corrected chi connectivity index (χ4v) is 3.82. The van der Waals surface area contributed by atoms with Crippen LogP contribution in [0.2, 0.25) is 0 Å². The Bertz CT molecular complexity index is 826. The minimum atomic E-state index is -0.846. The molecular formula is C21H24FNO5. The fraction of sp³-hybridized carbons (Fsp3) is 0.476. The summed E-state index contributed by atoms with van der Waals surface area (Å²) >= 11 is 0. The van der Waals surface area contributed by atoms with Crippen molar-refractivity contribution in [2.75, 3.05) is 20.3 Å². The molecule has 1 aromatic carbocycles. The number of allylic oxidation sites excluding steroid dienone is 1. The Morgan fingerprint density at radius 2 is 2.11 bits per heavy atom. The summed E-state index contributed by atoms with van der Waals surface area (Å²) in [5, 5.41) is 0. The molecule has 1 saturated heterocycles. The first-order chi connectivity index (χ1) is 13.4. The van der Waals surface area contributed by atoms with E-state index in [4.69, 9.17) is 14.2 Å². The molecule has 0 aliphatic carbocycles. The van der Waals surface area contributed by atoms with Gasteiger partial charge in [-0.05, 0) is 44.4 Å². The number of aliphatic imine (C=N–C) groups is 1. The van der Waals surface area contributed by atoms with Gasteiger partial charge in [-0.15, -0.1) is 0 Å². The van der Waals surface area contributed by atoms with Gasteiger partial charge in [-0.2, -0.15) is 0 Å². The monoisotopic (exact) mass is 389 g/mol. The van der Waals surface area contributed by atoms with Gasteiger partial charge in [0.05, 0.1) is 18.8 Å². The highest BCUT2D eigenvalue weighted by Gasteiger charge is 2.42. The van der Waals surface area contributed by atoms with Gasteiger partial charge in [0.1, 0.15) is 18.3 Å². The Morgan fingerprint density at radius 3 is 2.75 bits per heavy atom. The fourth-order valence-electron chi connectivity index (χ4n) is 3.82. The van der Waals surface area contributed by atoms with Crippen LogP contribution in [-0.2, 0) is 23.8 Å². The van der Waals surface area contributed by atoms with E-state index in [1.165, 1.54) is 19.2 Å². The summed E-state index contributed by atoms with van der Waals surface area (Å²) in [6.45, 7) is 4.19. The summed E-state index contributed by atoms with van der Waals surface area (Å²) < 4.78 is 29.8. The molecule has 0 spiro atoms. The number of benzene rings is 1. The lowest BCUT2D eigenvalue weighted by Crippen LogP contribution is -2.37. The van der Waals surface area contributed by atoms with Crippen LogP contribution in [0.5, 0.6) is 0 Å². The van der Waals surface area contributed by atoms with Crippen LogP contribution in [0.3, 0.4) is 0 Å². The number of ether oxygens (including phenoxy) is 3. The lowest BCUT2D eigenvalue weighted by Gasteiger charge is -2.31. The first-order valence-corrected chi connectivity index (χ1v) is 9.30. The molecule has 2 aliphatic rings. The van der Waals surface area contributed by atoms with Crippen LogP contribution in [0.25, 0.3) is 0 Å². The minimum Gasteiger partial charge on any atom is -0.466 e. The average Bonchev–Trinajstić information content (AvgIpc) is 3.18. The number of nitrogens with zero attached hydrogens (tertiary/aromatic N) is 1. The van der Waals surface area contributed by atoms with Crippen molar-refractivity contribution in [3.63, 3.8) is 0 Å². The molecule has 3 unspecified atom stereocenters. The molecule has 3 rings (SSSR count). The molecule has 1 aromatic rings. The average molecular weight is 389 g/mol. The highest BCUT2D eigenvalue weighted by Crippen LogP contribution is 2.40. The van der Waals surface area contributed by atoms with E-state index in [-0.39, 0.29) is 18.3 Å². The summed E-state index contributed by atoms with van der Waals surface area (Å²) in [6, 6.07) is 5.86. The topological polar surface area (TPSA) is 74.2 Å². The first-order valence-electron chi connectivity index (χ1n) is 9.30. The molecule has 6 nitrogen and oxygen atoms in total. The van der Waals surface area contributed by atoms with Crippen molar-refractivity contribution in [3.8, 4) is 0 Å². The molecular weight excluding hydrogens is 365 g/mol. The van der Waals surface area contributed by atoms with Crippen LogP contribution < -0.4 is 0 Å². The van der Waals surface area contributed by atoms with Gasteiger partial charge in [0.15, 0.2) is 0 Å². The molecule has 0 radical (unpaired) electrons. The van der Waals surface area contributed by atoms with E-state index in [0.29, 0.717) is 23.6 Å². The zero-order chi connectivity index (χ0) is 20.3. The summed E-state index contributed by atoms with van der Waals surface area (Å²) in [5.74, 6) is -3.15. The number of methoxy groups -OCH3 is 1. The van der Waals surface area contributed by atoms with Gasteiger partial charge in [0, 0.05) is 23.9 Å². The summed E-state index contributed by atoms with van der Waals surface area (Å²) in [4.78, 5) is 29.8. The molecule has 0 bridgehead atoms. The van der Waals surface area contributed by atoms with E-state index in [9.17, 15) is 14.0 Å². The zero-order valence-electron chi connectivity index (χ0n) is 16.2. The molecule has 2 aliphatic heterocycles. The number of rotatable bonds is 5. The maximum Gasteiger partial charge on any atom is 0.336 e. The van der Waals surface area contributed by atoms with Crippen molar-refractivity contribution in [2.24, 2.45) is 10.9 Å². The molecule has 0 amide bonds. The maximum absolute atomic E-state index is 13.9. The Hall–Kier alpha value is -2.54. The van der Waals surface area contributed by atoms with Gasteiger partial charge >= 0.3 is 11.9 Å². The van der Waals surface area contributed by atoms with Crippen LogP contribution >= 0.6 is 0 Å². The molecule has 3 atom stereocenters. The molecule has 1 fully saturated rings. The Labute approximate surface area is 163 Å². The summed E-state index contributed by atoms with van der Waals surface area (Å²) in [6.07, 6.45) is 1.66. The van der Waals surface area contributed by atoms with Crippen molar-refractivity contribution >= 4 is 17.7 Å². The predicted molar refractivity (Wildman–Crippen MR) is 100 cm³/mol. The van der Waals surface area contributed by atoms with Crippen molar-refractivity contribution in [1.29, 1.82) is 0 Å². The second-order valence-electron chi connectivity index (χ2n) is 7.02. The van der Waals surface area contributed by atoms with Crippen molar-refractivity contribution < 1.29 is 28.2 Å². The van der Waals surface area contributed by atoms with E-state index in [1.54, 1.807) is 26.0 Å². The third-order valence-corrected chi connectivity index (χ3v) is 5.13. The van der Waals surface area contributed by atoms with Crippen LogP contribution in [0.15, 0.2) is 40.5 Å². The highest BCUT2D eigenvalue weighted by molar-refractivity contribution is 6.07. The van der Waals surface area contributed by atoms with E-state index in [2.05, 4.69) is 4.99 Å². The van der Waals surface area contributed by atoms with Crippen molar-refractivity contribution in [1.82, 2.24) is 0 Å². The van der Waals surface area contributed by atoms with Gasteiger partial charge in [0.2, 0.25) is 0 Å². The Morgan fingerprint density at radius 1 is 1.32 bits per heavy atom. The number of halogens is 1. The van der Waals surface area contributed by atoms with E-state index in [0.717, 1.165) is 12.8 Å². The Balaban J connectivity index is 1.96. The normalized spacial score (nSPS) is 24.7. The largest absolute Gasteiger partial charge is 0.466 e. The SMILES string of the molecule is COC(=O)C1=C(C)N=C(C)C(C(=O)OCC2CCCO2)C1c1cccc(F)c1. The number of esters is 2. The number of hydrogen-bond acceptors (Lipinski definition) is 6. The standard InChI is InChI=1S/C21H24FNO5/c1-12-17(20(24)26-3)19(14-6-4-7-15(22)10-14)18(13(2)23-12)21(25)28-11-16-8-5-9-27-16/h4,6-7,10,16,18-19H,5,8-9,11H2,1-3H3. The van der Waals surface area contributed by atoms with Gasteiger partial charge in [0.25, 0.3) is 0 Å². The first kappa shape index (κ1) is 20.2. The lowest BCUT2D eigenvalue weighted by atomic mass is 9.75. The summed E-state index contributed by atoms with van der Waals surface area (Å²) in [5.41, 5.74) is 1.68. The van der Waals surface area contributed by atoms with Crippen molar-refractivity contribution in [2.45, 2.75) is 38.7 Å². The number of carbonyl (C=O) groups excluding carboxylic acids is 2. The van der Waals surface area contributed by atoms with Crippen LogP contribution in [-0.4, -0.2) is 44.1 Å². The van der Waals surface area contributed by atoms with Crippen LogP contribution in [0.1, 0.15) is 38.2 Å². The smallest absolute Gasteiger partial charge is 0.336 e. The van der Waals surface area contributed by atoms with Crippen molar-refractivity contribution in [3.05, 3.63) is 46.9 Å². The van der Waals surface area contributed by atoms with Gasteiger partial charge in [-0.1, -0.05) is 12.1 Å². The molecule has 0 aromatic heterocycles. The zero-order valence-corrected chi connectivity index (χ0v) is 16.2. The maximum atomic E-state index is 13.9. The molecule has 0 N–H and O–H groups in total. The molecule has 28 heavy (non-hydrogen) atoms. The van der Waals surface area contributed by atoms with Gasteiger partial charge in [-0.25, -0.2) is 9.18 Å². The van der Waals surface area contributed by atoms with E-state index < -0.39 is 29.6 Å². The third-order valence-electron chi connectivity index (χ3n) is 5.13. The lowest BCUT2D eigenvalue weighted by molar-refractivity contribution is -0.150. The molecule has 2 heterocycles. The van der Waals surface area contributed by atoms with E-state index in [1.807, 2.05) is 0 Å². The van der Waals surface area contributed by atoms with E-state index >= 15 is 0 Å². The minimum absolute atomic E-state index is 0.116. The Kier molecular flexibility index (Phi) is 6.24. The van der Waals surface area contributed by atoms with Crippen LogP contribution in [0.4, 0.5) is 4.39 Å². The summed E-state index contributed by atoms with van der Waals surface area (Å²) in [7, 11) is 1.27. The molecule has 7 heteroatoms. The number of carbonyl (C=O) groups is 2. The third kappa shape index (κ3) is 4.14. The predicted octanol–water partition coefficient (Wildman–Crippen LogP) is 3.17. The number of hydrogen-bond donors (Lipinski definition) is 0. The molecule has 150 valence electrons.